The Hall–Kier alpha value is -2.25. The van der Waals surface area contributed by atoms with E-state index in [1.165, 1.54) is 0 Å². The van der Waals surface area contributed by atoms with Gasteiger partial charge in [-0.15, -0.1) is 0 Å². The molecule has 0 aliphatic rings. The Morgan fingerprint density at radius 1 is 1.22 bits per heavy atom. The Balaban J connectivity index is 2.08. The first-order valence-electron chi connectivity index (χ1n) is 7.00. The minimum Gasteiger partial charge on any atom is -0.404 e. The van der Waals surface area contributed by atoms with Crippen molar-refractivity contribution in [2.75, 3.05) is 13.2 Å². The molecule has 0 unspecified atom stereocenters. The normalized spacial score (nSPS) is 11.3. The van der Waals surface area contributed by atoms with Crippen molar-refractivity contribution in [2.45, 2.75) is 6.42 Å². The predicted octanol–water partition coefficient (Wildman–Crippen LogP) is 1.24. The lowest BCUT2D eigenvalue weighted by atomic mass is 10.1. The molecule has 6 nitrogen and oxygen atoms in total. The average molecular weight is 377 g/mol. The smallest absolute Gasteiger partial charge is 0.256 e. The molecule has 2 aromatic rings. The highest BCUT2D eigenvalue weighted by molar-refractivity contribution is 9.10. The number of nitrogens with one attached hydrogen (secondary N) is 1. The Labute approximate surface area is 142 Å². The van der Waals surface area contributed by atoms with Gasteiger partial charge in [0.05, 0.1) is 12.2 Å². The third kappa shape index (κ3) is 4.87. The molecule has 120 valence electrons. The lowest BCUT2D eigenvalue weighted by molar-refractivity contribution is -0.115. The fourth-order valence-electron chi connectivity index (χ4n) is 1.94. The van der Waals surface area contributed by atoms with Gasteiger partial charge < -0.3 is 16.2 Å². The Kier molecular flexibility index (Phi) is 6.25. The van der Waals surface area contributed by atoms with E-state index in [1.807, 2.05) is 24.3 Å². The average Bonchev–Trinajstić information content (AvgIpc) is 2.57. The van der Waals surface area contributed by atoms with Crippen molar-refractivity contribution in [1.29, 1.82) is 0 Å². The molecule has 2 rings (SSSR count). The topological polar surface area (TPSA) is 101 Å². The number of halogens is 1. The third-order valence-corrected chi connectivity index (χ3v) is 3.61. The van der Waals surface area contributed by atoms with Crippen molar-refractivity contribution >= 4 is 27.4 Å². The van der Waals surface area contributed by atoms with Gasteiger partial charge in [-0.2, -0.15) is 0 Å². The van der Waals surface area contributed by atoms with Crippen molar-refractivity contribution < 1.29 is 9.90 Å². The van der Waals surface area contributed by atoms with Crippen LogP contribution in [0.2, 0.25) is 0 Å². The Morgan fingerprint density at radius 2 is 1.87 bits per heavy atom. The van der Waals surface area contributed by atoms with Crippen LogP contribution in [0.5, 0.6) is 0 Å². The molecule has 1 heterocycles. The van der Waals surface area contributed by atoms with Gasteiger partial charge in [-0.25, -0.2) is 9.97 Å². The summed E-state index contributed by atoms with van der Waals surface area (Å²) >= 11 is 3.40. The zero-order chi connectivity index (χ0) is 16.7. The molecule has 23 heavy (non-hydrogen) atoms. The highest BCUT2D eigenvalue weighted by Gasteiger charge is 2.13. The van der Waals surface area contributed by atoms with Crippen molar-refractivity contribution in [1.82, 2.24) is 15.3 Å². The van der Waals surface area contributed by atoms with Crippen LogP contribution < -0.4 is 11.1 Å². The Bertz CT molecular complexity index is 684. The second-order valence-corrected chi connectivity index (χ2v) is 5.69. The summed E-state index contributed by atoms with van der Waals surface area (Å²) in [4.78, 5) is 20.3. The van der Waals surface area contributed by atoms with Crippen LogP contribution in [-0.4, -0.2) is 34.1 Å². The van der Waals surface area contributed by atoms with Crippen LogP contribution in [0.1, 0.15) is 17.0 Å². The number of aromatic nitrogens is 2. The first-order chi connectivity index (χ1) is 11.1. The first kappa shape index (κ1) is 17.1. The van der Waals surface area contributed by atoms with Crippen molar-refractivity contribution in [3.8, 4) is 0 Å². The molecule has 0 saturated heterocycles. The first-order valence-corrected chi connectivity index (χ1v) is 7.80. The van der Waals surface area contributed by atoms with Crippen LogP contribution in [0.15, 0.2) is 47.3 Å². The largest absolute Gasteiger partial charge is 0.404 e. The highest BCUT2D eigenvalue weighted by atomic mass is 79.9. The molecule has 0 fully saturated rings. The summed E-state index contributed by atoms with van der Waals surface area (Å²) < 4.78 is 1.03. The van der Waals surface area contributed by atoms with Gasteiger partial charge >= 0.3 is 0 Å². The van der Waals surface area contributed by atoms with Gasteiger partial charge in [0.2, 0.25) is 0 Å². The zero-order valence-electron chi connectivity index (χ0n) is 12.4. The number of hydrogen-bond donors (Lipinski definition) is 3. The summed E-state index contributed by atoms with van der Waals surface area (Å²) in [5.74, 6) is -0.162. The minimum atomic E-state index is -0.415. The number of carbonyl (C=O) groups is 1. The van der Waals surface area contributed by atoms with E-state index < -0.39 is 5.91 Å². The number of aliphatic hydroxyl groups is 1. The monoisotopic (exact) mass is 376 g/mol. The van der Waals surface area contributed by atoms with E-state index >= 15 is 0 Å². The van der Waals surface area contributed by atoms with Gasteiger partial charge in [0.25, 0.3) is 5.91 Å². The van der Waals surface area contributed by atoms with E-state index in [0.717, 1.165) is 21.8 Å². The fraction of sp³-hybridized carbons (Fsp3) is 0.188. The zero-order valence-corrected chi connectivity index (χ0v) is 14.0. The highest BCUT2D eigenvalue weighted by Crippen LogP contribution is 2.14. The molecule has 1 amide bonds. The van der Waals surface area contributed by atoms with Crippen LogP contribution in [0, 0.1) is 0 Å². The summed E-state index contributed by atoms with van der Waals surface area (Å²) in [6, 6.07) is 7.99. The molecule has 0 radical (unpaired) electrons. The Morgan fingerprint density at radius 3 is 2.43 bits per heavy atom. The van der Waals surface area contributed by atoms with Gasteiger partial charge in [-0.1, -0.05) is 28.1 Å². The standard InChI is InChI=1S/C16H17BrN4O2/c17-13-3-1-11(2-4-13)7-12-9-20-15(21-10-12)14(8-18)16(23)19-5-6-22/h1-4,8-10,22H,5-7,18H2,(H,19,23). The van der Waals surface area contributed by atoms with Crippen molar-refractivity contribution in [3.63, 3.8) is 0 Å². The van der Waals surface area contributed by atoms with E-state index in [0.29, 0.717) is 6.42 Å². The number of nitrogens with zero attached hydrogens (tertiary/aromatic N) is 2. The van der Waals surface area contributed by atoms with Gasteiger partial charge in [0, 0.05) is 36.0 Å². The van der Waals surface area contributed by atoms with Crippen molar-refractivity contribution in [2.24, 2.45) is 5.73 Å². The SMILES string of the molecule is NC=C(C(=O)NCCO)c1ncc(Cc2ccc(Br)cc2)cn1. The molecule has 1 aromatic heterocycles. The van der Waals surface area contributed by atoms with Crippen LogP contribution >= 0.6 is 15.9 Å². The molecule has 0 bridgehead atoms. The van der Waals surface area contributed by atoms with Crippen LogP contribution in [0.3, 0.4) is 0 Å². The van der Waals surface area contributed by atoms with E-state index in [2.05, 4.69) is 31.2 Å². The summed E-state index contributed by atoms with van der Waals surface area (Å²) in [7, 11) is 0. The molecule has 4 N–H and O–H groups in total. The summed E-state index contributed by atoms with van der Waals surface area (Å²) in [5.41, 5.74) is 7.73. The number of nitrogens with two attached hydrogens (primary N) is 1. The lowest BCUT2D eigenvalue weighted by Crippen LogP contribution is -2.28. The number of carbonyl (C=O) groups excluding carboxylic acids is 1. The van der Waals surface area contributed by atoms with Gasteiger partial charge in [0.1, 0.15) is 0 Å². The maximum atomic E-state index is 11.9. The van der Waals surface area contributed by atoms with Crippen LogP contribution in [0.25, 0.3) is 5.57 Å². The summed E-state index contributed by atoms with van der Waals surface area (Å²) in [6.07, 6.45) is 5.21. The van der Waals surface area contributed by atoms with Gasteiger partial charge in [0.15, 0.2) is 5.82 Å². The maximum absolute atomic E-state index is 11.9. The van der Waals surface area contributed by atoms with E-state index in [1.54, 1.807) is 12.4 Å². The molecule has 0 aliphatic carbocycles. The van der Waals surface area contributed by atoms with Crippen LogP contribution in [-0.2, 0) is 11.2 Å². The molecular weight excluding hydrogens is 360 g/mol. The van der Waals surface area contributed by atoms with E-state index in [4.69, 9.17) is 10.8 Å². The number of amides is 1. The summed E-state index contributed by atoms with van der Waals surface area (Å²) in [6.45, 7) is 0.00833. The fourth-order valence-corrected chi connectivity index (χ4v) is 2.20. The molecule has 0 spiro atoms. The lowest BCUT2D eigenvalue weighted by Gasteiger charge is -2.07. The predicted molar refractivity (Wildman–Crippen MR) is 91.2 cm³/mol. The second kappa shape index (κ2) is 8.40. The van der Waals surface area contributed by atoms with Gasteiger partial charge in [-0.05, 0) is 23.3 Å². The number of rotatable bonds is 6. The van der Waals surface area contributed by atoms with E-state index in [9.17, 15) is 4.79 Å². The molecule has 7 heteroatoms. The summed E-state index contributed by atoms with van der Waals surface area (Å²) in [5, 5.41) is 11.3. The molecule has 0 aliphatic heterocycles. The maximum Gasteiger partial charge on any atom is 0.256 e. The van der Waals surface area contributed by atoms with Crippen molar-refractivity contribution in [3.05, 3.63) is 64.3 Å². The molecule has 1 aromatic carbocycles. The molecule has 0 atom stereocenters. The quantitative estimate of drug-likeness (QED) is 0.658. The third-order valence-electron chi connectivity index (χ3n) is 3.08. The minimum absolute atomic E-state index is 0.142. The second-order valence-electron chi connectivity index (χ2n) is 4.78. The van der Waals surface area contributed by atoms with E-state index in [-0.39, 0.29) is 24.5 Å². The molecule has 0 saturated carbocycles. The van der Waals surface area contributed by atoms with Gasteiger partial charge in [-0.3, -0.25) is 4.79 Å². The number of aliphatic hydroxyl groups excluding tert-OH is 1. The number of hydrogen-bond acceptors (Lipinski definition) is 5. The molecular formula is C16H17BrN4O2. The van der Waals surface area contributed by atoms with Crippen LogP contribution in [0.4, 0.5) is 0 Å². The number of benzene rings is 1.